The van der Waals surface area contributed by atoms with Crippen LogP contribution in [-0.2, 0) is 10.0 Å². The molecule has 8 nitrogen and oxygen atoms in total. The summed E-state index contributed by atoms with van der Waals surface area (Å²) in [5, 5.41) is 8.16. The van der Waals surface area contributed by atoms with Gasteiger partial charge in [-0.3, -0.25) is 9.89 Å². The first-order chi connectivity index (χ1) is 14.1. The number of rotatable bonds is 10. The zero-order chi connectivity index (χ0) is 20.5. The molecule has 30 heavy (non-hydrogen) atoms. The van der Waals surface area contributed by atoms with E-state index in [2.05, 4.69) is 20.3 Å². The number of aliphatic imine (C=N–C) groups is 1. The lowest BCUT2D eigenvalue weighted by molar-refractivity contribution is 0.221. The quantitative estimate of drug-likeness (QED) is 0.177. The van der Waals surface area contributed by atoms with Crippen molar-refractivity contribution in [1.82, 2.24) is 20.3 Å². The third-order valence-electron chi connectivity index (χ3n) is 4.69. The summed E-state index contributed by atoms with van der Waals surface area (Å²) in [6.45, 7) is 6.11. The topological polar surface area (TPSA) is 99.0 Å². The maximum absolute atomic E-state index is 12.2. The summed E-state index contributed by atoms with van der Waals surface area (Å²) in [6.07, 6.45) is 4.10. The van der Waals surface area contributed by atoms with Crippen LogP contribution in [0.4, 0.5) is 0 Å². The van der Waals surface area contributed by atoms with E-state index in [0.717, 1.165) is 25.4 Å². The summed E-state index contributed by atoms with van der Waals surface area (Å²) in [5.41, 5.74) is 0. The molecule has 0 radical (unpaired) electrons. The van der Waals surface area contributed by atoms with E-state index < -0.39 is 10.0 Å². The minimum atomic E-state index is -3.44. The van der Waals surface area contributed by atoms with Crippen LogP contribution in [0, 0.1) is 0 Å². The zero-order valence-electron chi connectivity index (χ0n) is 17.0. The molecule has 2 aromatic rings. The SMILES string of the molecule is CCNC(=NCC(c1ccco1)N1CCCC1)NCCNS(=O)(=O)c1cccs1.I. The van der Waals surface area contributed by atoms with Gasteiger partial charge in [0.05, 0.1) is 18.8 Å². The number of thiophene rings is 1. The summed E-state index contributed by atoms with van der Waals surface area (Å²) in [6, 6.07) is 7.34. The molecule has 3 N–H and O–H groups in total. The molecule has 3 heterocycles. The van der Waals surface area contributed by atoms with Crippen molar-refractivity contribution in [3.05, 3.63) is 41.7 Å². The Balaban J connectivity index is 0.00000320. The maximum Gasteiger partial charge on any atom is 0.250 e. The fourth-order valence-electron chi connectivity index (χ4n) is 3.29. The van der Waals surface area contributed by atoms with Gasteiger partial charge in [-0.1, -0.05) is 6.07 Å². The van der Waals surface area contributed by atoms with Crippen molar-refractivity contribution in [3.8, 4) is 0 Å². The van der Waals surface area contributed by atoms with Gasteiger partial charge in [-0.15, -0.1) is 35.3 Å². The standard InChI is InChI=1S/C19H29N5O3S2.HI/c1-2-20-19(21-9-10-23-29(25,26)18-8-6-14-28-18)22-15-16(17-7-5-13-27-17)24-11-3-4-12-24;/h5-8,13-14,16,23H,2-4,9-12,15H2,1H3,(H2,20,21,22);1H. The van der Waals surface area contributed by atoms with Gasteiger partial charge in [0.2, 0.25) is 10.0 Å². The Hall–Kier alpha value is -1.15. The lowest BCUT2D eigenvalue weighted by Crippen LogP contribution is -2.42. The number of furan rings is 1. The molecule has 1 aliphatic rings. The molecule has 1 aliphatic heterocycles. The lowest BCUT2D eigenvalue weighted by atomic mass is 10.2. The molecule has 0 aliphatic carbocycles. The van der Waals surface area contributed by atoms with Gasteiger partial charge in [-0.05, 0) is 56.4 Å². The van der Waals surface area contributed by atoms with Crippen molar-refractivity contribution >= 4 is 51.3 Å². The Bertz CT molecular complexity index is 851. The molecule has 1 unspecified atom stereocenters. The van der Waals surface area contributed by atoms with E-state index in [9.17, 15) is 8.42 Å². The van der Waals surface area contributed by atoms with Gasteiger partial charge in [0, 0.05) is 19.6 Å². The summed E-state index contributed by atoms with van der Waals surface area (Å²) in [7, 11) is -3.44. The van der Waals surface area contributed by atoms with Crippen LogP contribution in [0.1, 0.15) is 31.6 Å². The maximum atomic E-state index is 12.2. The third kappa shape index (κ3) is 7.22. The minimum absolute atomic E-state index is 0. The number of likely N-dealkylation sites (tertiary alicyclic amines) is 1. The molecule has 0 amide bonds. The van der Waals surface area contributed by atoms with Crippen LogP contribution in [-0.4, -0.2) is 58.5 Å². The predicted molar refractivity (Wildman–Crippen MR) is 131 cm³/mol. The number of nitrogens with one attached hydrogen (secondary N) is 3. The molecule has 0 bridgehead atoms. The molecule has 168 valence electrons. The van der Waals surface area contributed by atoms with E-state index in [1.165, 1.54) is 24.2 Å². The molecule has 11 heteroatoms. The molecule has 1 saturated heterocycles. The van der Waals surface area contributed by atoms with Crippen molar-refractivity contribution in [2.45, 2.75) is 30.0 Å². The summed E-state index contributed by atoms with van der Waals surface area (Å²) < 4.78 is 32.9. The fraction of sp³-hybridized carbons (Fsp3) is 0.526. The Labute approximate surface area is 199 Å². The van der Waals surface area contributed by atoms with Gasteiger partial charge in [-0.25, -0.2) is 13.1 Å². The molecule has 2 aromatic heterocycles. The fourth-order valence-corrected chi connectivity index (χ4v) is 5.36. The van der Waals surface area contributed by atoms with Crippen molar-refractivity contribution in [1.29, 1.82) is 0 Å². The smallest absolute Gasteiger partial charge is 0.250 e. The van der Waals surface area contributed by atoms with Crippen LogP contribution in [0.3, 0.4) is 0 Å². The van der Waals surface area contributed by atoms with E-state index in [-0.39, 0.29) is 36.6 Å². The van der Waals surface area contributed by atoms with E-state index in [1.807, 2.05) is 19.1 Å². The van der Waals surface area contributed by atoms with Crippen molar-refractivity contribution < 1.29 is 12.8 Å². The van der Waals surface area contributed by atoms with Crippen molar-refractivity contribution in [3.63, 3.8) is 0 Å². The molecular formula is C19H30IN5O3S2. The molecule has 3 rings (SSSR count). The Morgan fingerprint density at radius 3 is 2.67 bits per heavy atom. The Morgan fingerprint density at radius 1 is 1.23 bits per heavy atom. The van der Waals surface area contributed by atoms with Crippen LogP contribution >= 0.6 is 35.3 Å². The highest BCUT2D eigenvalue weighted by molar-refractivity contribution is 14.0. The number of hydrogen-bond acceptors (Lipinski definition) is 6. The number of halogens is 1. The molecular weight excluding hydrogens is 537 g/mol. The van der Waals surface area contributed by atoms with Crippen LogP contribution in [0.15, 0.2) is 49.5 Å². The second kappa shape index (κ2) is 12.6. The van der Waals surface area contributed by atoms with Gasteiger partial charge < -0.3 is 15.1 Å². The molecule has 1 fully saturated rings. The van der Waals surface area contributed by atoms with E-state index in [4.69, 9.17) is 9.41 Å². The molecule has 0 saturated carbocycles. The average Bonchev–Trinajstić information content (AvgIpc) is 3.48. The largest absolute Gasteiger partial charge is 0.468 e. The highest BCUT2D eigenvalue weighted by atomic mass is 127. The van der Waals surface area contributed by atoms with Crippen LogP contribution in [0.25, 0.3) is 0 Å². The highest BCUT2D eigenvalue weighted by Gasteiger charge is 2.25. The van der Waals surface area contributed by atoms with E-state index in [0.29, 0.717) is 23.3 Å². The van der Waals surface area contributed by atoms with Crippen LogP contribution < -0.4 is 15.4 Å². The monoisotopic (exact) mass is 567 g/mol. The minimum Gasteiger partial charge on any atom is -0.468 e. The first-order valence-corrected chi connectivity index (χ1v) is 12.3. The highest BCUT2D eigenvalue weighted by Crippen LogP contribution is 2.25. The van der Waals surface area contributed by atoms with Crippen LogP contribution in [0.5, 0.6) is 0 Å². The zero-order valence-corrected chi connectivity index (χ0v) is 21.0. The third-order valence-corrected chi connectivity index (χ3v) is 7.55. The summed E-state index contributed by atoms with van der Waals surface area (Å²) in [5.74, 6) is 1.59. The van der Waals surface area contributed by atoms with Gasteiger partial charge in [-0.2, -0.15) is 0 Å². The molecule has 0 aromatic carbocycles. The van der Waals surface area contributed by atoms with Gasteiger partial charge in [0.25, 0.3) is 0 Å². The number of guanidine groups is 1. The number of hydrogen-bond donors (Lipinski definition) is 3. The van der Waals surface area contributed by atoms with E-state index >= 15 is 0 Å². The van der Waals surface area contributed by atoms with Crippen LogP contribution in [0.2, 0.25) is 0 Å². The number of sulfonamides is 1. The second-order valence-electron chi connectivity index (χ2n) is 6.75. The van der Waals surface area contributed by atoms with Gasteiger partial charge in [0.15, 0.2) is 5.96 Å². The van der Waals surface area contributed by atoms with Crippen molar-refractivity contribution in [2.24, 2.45) is 4.99 Å². The lowest BCUT2D eigenvalue weighted by Gasteiger charge is -2.24. The number of nitrogens with zero attached hydrogens (tertiary/aromatic N) is 2. The summed E-state index contributed by atoms with van der Waals surface area (Å²) in [4.78, 5) is 7.12. The predicted octanol–water partition coefficient (Wildman–Crippen LogP) is 2.63. The first kappa shape index (κ1) is 25.1. The molecule has 0 spiro atoms. The normalized spacial score (nSPS) is 16.2. The average molecular weight is 568 g/mol. The molecule has 1 atom stereocenters. The summed E-state index contributed by atoms with van der Waals surface area (Å²) >= 11 is 1.20. The Morgan fingerprint density at radius 2 is 2.03 bits per heavy atom. The first-order valence-electron chi connectivity index (χ1n) is 9.93. The van der Waals surface area contributed by atoms with Gasteiger partial charge >= 0.3 is 0 Å². The van der Waals surface area contributed by atoms with Gasteiger partial charge in [0.1, 0.15) is 9.97 Å². The van der Waals surface area contributed by atoms with E-state index in [1.54, 1.807) is 23.8 Å². The Kier molecular flexibility index (Phi) is 10.6. The second-order valence-corrected chi connectivity index (χ2v) is 9.69. The van der Waals surface area contributed by atoms with Crippen molar-refractivity contribution in [2.75, 3.05) is 39.3 Å².